The number of hydrogen-bond acceptors (Lipinski definition) is 4. The Kier molecular flexibility index (Phi) is 4.41. The second-order valence-corrected chi connectivity index (χ2v) is 5.04. The number of carbonyl (C=O) groups excluding carboxylic acids is 1. The Morgan fingerprint density at radius 1 is 1.40 bits per heavy atom. The molecule has 2 rings (SSSR count). The standard InChI is InChI=1S/C13H12F2N2O2S/c1-7-10(13(18)17-16)5-9(19-7)6-20-12-3-2-8(14)4-11(12)15/h2-5H,6,16H2,1H3,(H,17,18). The number of hydrazine groups is 1. The van der Waals surface area contributed by atoms with Crippen LogP contribution in [0.5, 0.6) is 0 Å². The summed E-state index contributed by atoms with van der Waals surface area (Å²) in [4.78, 5) is 11.7. The summed E-state index contributed by atoms with van der Waals surface area (Å²) in [7, 11) is 0. The third-order valence-corrected chi connectivity index (χ3v) is 3.68. The summed E-state index contributed by atoms with van der Waals surface area (Å²) in [6.45, 7) is 1.64. The number of benzene rings is 1. The van der Waals surface area contributed by atoms with Gasteiger partial charge in [0.25, 0.3) is 5.91 Å². The first kappa shape index (κ1) is 14.5. The van der Waals surface area contributed by atoms with E-state index in [0.717, 1.165) is 17.8 Å². The zero-order chi connectivity index (χ0) is 14.7. The van der Waals surface area contributed by atoms with Gasteiger partial charge in [-0.05, 0) is 25.1 Å². The largest absolute Gasteiger partial charge is 0.465 e. The molecule has 0 bridgehead atoms. The topological polar surface area (TPSA) is 68.3 Å². The molecule has 2 aromatic rings. The molecule has 20 heavy (non-hydrogen) atoms. The van der Waals surface area contributed by atoms with Gasteiger partial charge in [0.2, 0.25) is 0 Å². The van der Waals surface area contributed by atoms with E-state index < -0.39 is 17.5 Å². The number of aryl methyl sites for hydroxylation is 1. The highest BCUT2D eigenvalue weighted by Gasteiger charge is 2.14. The number of carbonyl (C=O) groups is 1. The highest BCUT2D eigenvalue weighted by molar-refractivity contribution is 7.98. The summed E-state index contributed by atoms with van der Waals surface area (Å²) in [5.74, 6) is 4.62. The normalized spacial score (nSPS) is 10.6. The molecule has 0 aliphatic rings. The van der Waals surface area contributed by atoms with E-state index in [4.69, 9.17) is 10.3 Å². The Morgan fingerprint density at radius 3 is 2.80 bits per heavy atom. The number of nitrogen functional groups attached to an aromatic ring is 1. The van der Waals surface area contributed by atoms with Gasteiger partial charge in [-0.15, -0.1) is 11.8 Å². The number of amides is 1. The van der Waals surface area contributed by atoms with Gasteiger partial charge in [-0.1, -0.05) is 0 Å². The molecule has 0 atom stereocenters. The molecule has 3 N–H and O–H groups in total. The fraction of sp³-hybridized carbons (Fsp3) is 0.154. The maximum Gasteiger partial charge on any atom is 0.268 e. The van der Waals surface area contributed by atoms with Gasteiger partial charge in [-0.3, -0.25) is 10.2 Å². The first-order valence-corrected chi connectivity index (χ1v) is 6.68. The Labute approximate surface area is 118 Å². The minimum Gasteiger partial charge on any atom is -0.465 e. The maximum absolute atomic E-state index is 13.4. The third kappa shape index (κ3) is 3.17. The van der Waals surface area contributed by atoms with Gasteiger partial charge in [-0.2, -0.15) is 0 Å². The minimum atomic E-state index is -0.627. The van der Waals surface area contributed by atoms with Crippen molar-refractivity contribution in [3.8, 4) is 0 Å². The lowest BCUT2D eigenvalue weighted by Gasteiger charge is -2.01. The van der Waals surface area contributed by atoms with E-state index in [9.17, 15) is 13.6 Å². The van der Waals surface area contributed by atoms with Crippen LogP contribution in [0.1, 0.15) is 21.9 Å². The summed E-state index contributed by atoms with van der Waals surface area (Å²) in [6, 6.07) is 4.92. The molecule has 0 aliphatic heterocycles. The summed E-state index contributed by atoms with van der Waals surface area (Å²) >= 11 is 1.15. The van der Waals surface area contributed by atoms with Crippen molar-refractivity contribution in [2.24, 2.45) is 5.84 Å². The minimum absolute atomic E-state index is 0.310. The average Bonchev–Trinajstić information content (AvgIpc) is 2.78. The Bertz CT molecular complexity index is 643. The summed E-state index contributed by atoms with van der Waals surface area (Å²) in [5, 5.41) is 0. The van der Waals surface area contributed by atoms with Gasteiger partial charge < -0.3 is 4.42 Å². The van der Waals surface area contributed by atoms with Crippen molar-refractivity contribution in [1.29, 1.82) is 0 Å². The zero-order valence-corrected chi connectivity index (χ0v) is 11.4. The number of halogens is 2. The Morgan fingerprint density at radius 2 is 2.15 bits per heavy atom. The number of nitrogens with two attached hydrogens (primary N) is 1. The predicted molar refractivity (Wildman–Crippen MR) is 71.0 cm³/mol. The molecular formula is C13H12F2N2O2S. The fourth-order valence-electron chi connectivity index (χ4n) is 1.66. The van der Waals surface area contributed by atoms with E-state index in [1.54, 1.807) is 13.0 Å². The third-order valence-electron chi connectivity index (χ3n) is 2.61. The molecule has 0 fully saturated rings. The van der Waals surface area contributed by atoms with Crippen molar-refractivity contribution in [3.05, 3.63) is 53.0 Å². The molecule has 1 aromatic heterocycles. The number of rotatable bonds is 4. The molecule has 4 nitrogen and oxygen atoms in total. The molecule has 106 valence electrons. The van der Waals surface area contributed by atoms with Crippen LogP contribution in [-0.4, -0.2) is 5.91 Å². The van der Waals surface area contributed by atoms with Gasteiger partial charge in [0, 0.05) is 11.0 Å². The molecule has 1 amide bonds. The first-order valence-electron chi connectivity index (χ1n) is 5.69. The van der Waals surface area contributed by atoms with Crippen molar-refractivity contribution < 1.29 is 18.0 Å². The van der Waals surface area contributed by atoms with Crippen molar-refractivity contribution in [1.82, 2.24) is 5.43 Å². The van der Waals surface area contributed by atoms with Crippen LogP contribution in [0.4, 0.5) is 8.78 Å². The molecule has 0 aliphatic carbocycles. The molecule has 0 spiro atoms. The van der Waals surface area contributed by atoms with Crippen molar-refractivity contribution in [2.75, 3.05) is 0 Å². The number of hydrogen-bond donors (Lipinski definition) is 2. The van der Waals surface area contributed by atoms with Crippen LogP contribution >= 0.6 is 11.8 Å². The second-order valence-electron chi connectivity index (χ2n) is 4.02. The van der Waals surface area contributed by atoms with Crippen molar-refractivity contribution in [3.63, 3.8) is 0 Å². The summed E-state index contributed by atoms with van der Waals surface area (Å²) < 4.78 is 31.6. The average molecular weight is 298 g/mol. The number of furan rings is 1. The molecule has 7 heteroatoms. The van der Waals surface area contributed by atoms with Gasteiger partial charge >= 0.3 is 0 Å². The quantitative estimate of drug-likeness (QED) is 0.394. The van der Waals surface area contributed by atoms with E-state index in [1.807, 2.05) is 5.43 Å². The van der Waals surface area contributed by atoms with Crippen LogP contribution in [-0.2, 0) is 5.75 Å². The first-order chi connectivity index (χ1) is 9.51. The van der Waals surface area contributed by atoms with E-state index in [-0.39, 0.29) is 0 Å². The monoisotopic (exact) mass is 298 g/mol. The van der Waals surface area contributed by atoms with E-state index >= 15 is 0 Å². The van der Waals surface area contributed by atoms with Crippen LogP contribution in [0, 0.1) is 18.6 Å². The zero-order valence-electron chi connectivity index (χ0n) is 10.6. The predicted octanol–water partition coefficient (Wildman–Crippen LogP) is 2.76. The lowest BCUT2D eigenvalue weighted by atomic mass is 10.2. The second kappa shape index (κ2) is 6.06. The smallest absolute Gasteiger partial charge is 0.268 e. The molecule has 0 unspecified atom stereocenters. The van der Waals surface area contributed by atoms with Crippen LogP contribution in [0.15, 0.2) is 33.6 Å². The molecule has 0 saturated heterocycles. The summed E-state index contributed by atoms with van der Waals surface area (Å²) in [5.41, 5.74) is 2.35. The number of nitrogens with one attached hydrogen (secondary N) is 1. The van der Waals surface area contributed by atoms with Crippen molar-refractivity contribution >= 4 is 17.7 Å². The van der Waals surface area contributed by atoms with Crippen LogP contribution in [0.3, 0.4) is 0 Å². The molecule has 1 aromatic carbocycles. The summed E-state index contributed by atoms with van der Waals surface area (Å²) in [6.07, 6.45) is 0. The SMILES string of the molecule is Cc1oc(CSc2ccc(F)cc2F)cc1C(=O)NN. The molecule has 1 heterocycles. The van der Waals surface area contributed by atoms with Crippen LogP contribution in [0.25, 0.3) is 0 Å². The highest BCUT2D eigenvalue weighted by atomic mass is 32.2. The molecule has 0 saturated carbocycles. The fourth-order valence-corrected chi connectivity index (χ4v) is 2.46. The van der Waals surface area contributed by atoms with Crippen LogP contribution in [0.2, 0.25) is 0 Å². The van der Waals surface area contributed by atoms with Gasteiger partial charge in [-0.25, -0.2) is 14.6 Å². The van der Waals surface area contributed by atoms with E-state index in [0.29, 0.717) is 27.7 Å². The molecular weight excluding hydrogens is 286 g/mol. The van der Waals surface area contributed by atoms with Crippen molar-refractivity contribution in [2.45, 2.75) is 17.6 Å². The van der Waals surface area contributed by atoms with Gasteiger partial charge in [0.1, 0.15) is 23.2 Å². The Balaban J connectivity index is 2.09. The van der Waals surface area contributed by atoms with Gasteiger partial charge in [0.15, 0.2) is 0 Å². The highest BCUT2D eigenvalue weighted by Crippen LogP contribution is 2.27. The van der Waals surface area contributed by atoms with E-state index in [2.05, 4.69) is 0 Å². The lowest BCUT2D eigenvalue weighted by Crippen LogP contribution is -2.30. The lowest BCUT2D eigenvalue weighted by molar-refractivity contribution is 0.0952. The number of thioether (sulfide) groups is 1. The maximum atomic E-state index is 13.4. The van der Waals surface area contributed by atoms with Crippen LogP contribution < -0.4 is 11.3 Å². The van der Waals surface area contributed by atoms with Gasteiger partial charge in [0.05, 0.1) is 11.3 Å². The van der Waals surface area contributed by atoms with E-state index in [1.165, 1.54) is 12.1 Å². The Hall–Kier alpha value is -1.86. The molecule has 0 radical (unpaired) electrons.